The van der Waals surface area contributed by atoms with Crippen LogP contribution in [0.25, 0.3) is 0 Å². The number of methoxy groups -OCH3 is 1. The van der Waals surface area contributed by atoms with E-state index in [1.807, 2.05) is 0 Å². The van der Waals surface area contributed by atoms with Crippen molar-refractivity contribution in [3.63, 3.8) is 0 Å². The van der Waals surface area contributed by atoms with Gasteiger partial charge in [-0.15, -0.1) is 10.2 Å². The highest BCUT2D eigenvalue weighted by molar-refractivity contribution is 9.09. The third-order valence-electron chi connectivity index (χ3n) is 3.28. The molecule has 16 heavy (non-hydrogen) atoms. The average molecular weight is 289 g/mol. The van der Waals surface area contributed by atoms with E-state index < -0.39 is 0 Å². The topological polar surface area (TPSA) is 48.2 Å². The summed E-state index contributed by atoms with van der Waals surface area (Å²) < 4.78 is 11.2. The third-order valence-corrected chi connectivity index (χ3v) is 4.32. The number of nitrogens with zero attached hydrogens (tertiary/aromatic N) is 2. The van der Waals surface area contributed by atoms with Gasteiger partial charge in [0.15, 0.2) is 0 Å². The van der Waals surface area contributed by atoms with E-state index in [0.29, 0.717) is 11.8 Å². The summed E-state index contributed by atoms with van der Waals surface area (Å²) in [5.41, 5.74) is -0.0438. The Hall–Kier alpha value is -0.420. The maximum absolute atomic E-state index is 5.62. The fraction of sp³-hybridized carbons (Fsp3) is 0.818. The molecule has 90 valence electrons. The number of alkyl halides is 1. The van der Waals surface area contributed by atoms with E-state index in [-0.39, 0.29) is 10.4 Å². The first-order chi connectivity index (χ1) is 7.69. The predicted octanol–water partition coefficient (Wildman–Crippen LogP) is 3.03. The lowest BCUT2D eigenvalue weighted by atomic mass is 9.77. The fourth-order valence-electron chi connectivity index (χ4n) is 1.94. The summed E-state index contributed by atoms with van der Waals surface area (Å²) in [7, 11) is 1.76. The van der Waals surface area contributed by atoms with Crippen molar-refractivity contribution in [2.75, 3.05) is 7.11 Å². The molecule has 1 saturated carbocycles. The summed E-state index contributed by atoms with van der Waals surface area (Å²) in [6.45, 7) is 2.08. The van der Waals surface area contributed by atoms with Gasteiger partial charge in [0.2, 0.25) is 11.8 Å². The van der Waals surface area contributed by atoms with E-state index in [2.05, 4.69) is 33.1 Å². The van der Waals surface area contributed by atoms with Gasteiger partial charge in [-0.3, -0.25) is 0 Å². The Morgan fingerprint density at radius 2 is 2.25 bits per heavy atom. The van der Waals surface area contributed by atoms with E-state index in [0.717, 1.165) is 25.7 Å². The summed E-state index contributed by atoms with van der Waals surface area (Å²) in [5, 5.41) is 8.12. The van der Waals surface area contributed by atoms with E-state index >= 15 is 0 Å². The molecule has 0 spiro atoms. The molecule has 0 aliphatic heterocycles. The maximum Gasteiger partial charge on any atom is 0.230 e. The van der Waals surface area contributed by atoms with Gasteiger partial charge in [0, 0.05) is 7.11 Å². The Balaban J connectivity index is 2.02. The molecule has 1 unspecified atom stereocenters. The van der Waals surface area contributed by atoms with Crippen molar-refractivity contribution < 1.29 is 9.15 Å². The molecular formula is C11H17BrN2O2. The molecule has 1 aliphatic rings. The van der Waals surface area contributed by atoms with Crippen molar-refractivity contribution in [1.29, 1.82) is 0 Å². The minimum atomic E-state index is -0.0438. The van der Waals surface area contributed by atoms with Crippen LogP contribution >= 0.6 is 15.9 Å². The molecule has 0 amide bonds. The van der Waals surface area contributed by atoms with Crippen molar-refractivity contribution in [3.05, 3.63) is 11.8 Å². The van der Waals surface area contributed by atoms with Gasteiger partial charge in [0.1, 0.15) is 0 Å². The molecule has 1 aromatic rings. The summed E-state index contributed by atoms with van der Waals surface area (Å²) >= 11 is 3.50. The van der Waals surface area contributed by atoms with Gasteiger partial charge in [-0.05, 0) is 25.7 Å². The Bertz CT molecular complexity index is 344. The highest BCUT2D eigenvalue weighted by Gasteiger charge is 2.38. The largest absolute Gasteiger partial charge is 0.424 e. The van der Waals surface area contributed by atoms with Crippen molar-refractivity contribution in [2.24, 2.45) is 0 Å². The molecule has 0 N–H and O–H groups in total. The van der Waals surface area contributed by atoms with Gasteiger partial charge in [0.25, 0.3) is 0 Å². The van der Waals surface area contributed by atoms with Gasteiger partial charge >= 0.3 is 0 Å². The van der Waals surface area contributed by atoms with Crippen LogP contribution in [-0.4, -0.2) is 22.9 Å². The number of hydrogen-bond donors (Lipinski definition) is 0. The second kappa shape index (κ2) is 4.84. The Morgan fingerprint density at radius 1 is 1.50 bits per heavy atom. The molecule has 1 aliphatic carbocycles. The number of rotatable bonds is 5. The van der Waals surface area contributed by atoms with E-state index in [4.69, 9.17) is 9.15 Å². The van der Waals surface area contributed by atoms with E-state index in [1.54, 1.807) is 7.11 Å². The standard InChI is InChI=1S/C11H17BrN2O2/c1-3-8(12)10-14-13-9(16-10)7-11(15-2)5-4-6-11/h8H,3-7H2,1-2H3. The second-order valence-electron chi connectivity index (χ2n) is 4.33. The van der Waals surface area contributed by atoms with Crippen LogP contribution < -0.4 is 0 Å². The van der Waals surface area contributed by atoms with Gasteiger partial charge in [0.05, 0.1) is 16.8 Å². The SMILES string of the molecule is CCC(Br)c1nnc(CC2(OC)CCC2)o1. The Morgan fingerprint density at radius 3 is 2.75 bits per heavy atom. The smallest absolute Gasteiger partial charge is 0.230 e. The van der Waals surface area contributed by atoms with Crippen molar-refractivity contribution >= 4 is 15.9 Å². The Kier molecular flexibility index (Phi) is 3.64. The first kappa shape index (κ1) is 12.0. The van der Waals surface area contributed by atoms with Crippen LogP contribution in [0.15, 0.2) is 4.42 Å². The molecule has 0 bridgehead atoms. The van der Waals surface area contributed by atoms with Gasteiger partial charge in [-0.25, -0.2) is 0 Å². The zero-order valence-electron chi connectivity index (χ0n) is 9.70. The highest BCUT2D eigenvalue weighted by atomic mass is 79.9. The summed E-state index contributed by atoms with van der Waals surface area (Å²) in [6, 6.07) is 0. The normalized spacial score (nSPS) is 20.4. The summed E-state index contributed by atoms with van der Waals surface area (Å²) in [4.78, 5) is 0.161. The quantitative estimate of drug-likeness (QED) is 0.782. The van der Waals surface area contributed by atoms with Crippen molar-refractivity contribution in [2.45, 2.75) is 49.5 Å². The van der Waals surface area contributed by atoms with Gasteiger partial charge in [-0.1, -0.05) is 22.9 Å². The number of aromatic nitrogens is 2. The molecular weight excluding hydrogens is 272 g/mol. The van der Waals surface area contributed by atoms with Crippen molar-refractivity contribution in [1.82, 2.24) is 10.2 Å². The lowest BCUT2D eigenvalue weighted by molar-refractivity contribution is -0.0746. The molecule has 1 aromatic heterocycles. The molecule has 5 heteroatoms. The lowest BCUT2D eigenvalue weighted by Gasteiger charge is -2.39. The molecule has 1 heterocycles. The van der Waals surface area contributed by atoms with E-state index in [1.165, 1.54) is 6.42 Å². The van der Waals surface area contributed by atoms with Crippen LogP contribution in [0.1, 0.15) is 49.2 Å². The molecule has 2 rings (SSSR count). The summed E-state index contributed by atoms with van der Waals surface area (Å²) in [6.07, 6.45) is 5.08. The molecule has 0 aromatic carbocycles. The molecule has 1 atom stereocenters. The monoisotopic (exact) mass is 288 g/mol. The number of halogens is 1. The first-order valence-corrected chi connectivity index (χ1v) is 6.62. The zero-order valence-corrected chi connectivity index (χ0v) is 11.3. The van der Waals surface area contributed by atoms with Crippen molar-refractivity contribution in [3.8, 4) is 0 Å². The molecule has 4 nitrogen and oxygen atoms in total. The van der Waals surface area contributed by atoms with E-state index in [9.17, 15) is 0 Å². The molecule has 0 saturated heterocycles. The highest BCUT2D eigenvalue weighted by Crippen LogP contribution is 2.38. The number of ether oxygens (including phenoxy) is 1. The third kappa shape index (κ3) is 2.30. The molecule has 1 fully saturated rings. The fourth-order valence-corrected chi connectivity index (χ4v) is 2.12. The summed E-state index contributed by atoms with van der Waals surface area (Å²) in [5.74, 6) is 1.36. The minimum absolute atomic E-state index is 0.0438. The second-order valence-corrected chi connectivity index (χ2v) is 5.43. The van der Waals surface area contributed by atoms with Gasteiger partial charge in [-0.2, -0.15) is 0 Å². The van der Waals surface area contributed by atoms with Crippen LogP contribution in [0, 0.1) is 0 Å². The lowest BCUT2D eigenvalue weighted by Crippen LogP contribution is -2.41. The number of hydrogen-bond acceptors (Lipinski definition) is 4. The van der Waals surface area contributed by atoms with Crippen LogP contribution in [0.3, 0.4) is 0 Å². The van der Waals surface area contributed by atoms with Crippen LogP contribution in [0.4, 0.5) is 0 Å². The van der Waals surface area contributed by atoms with Crippen LogP contribution in [0.2, 0.25) is 0 Å². The maximum atomic E-state index is 5.62. The van der Waals surface area contributed by atoms with Crippen LogP contribution in [0.5, 0.6) is 0 Å². The first-order valence-electron chi connectivity index (χ1n) is 5.70. The minimum Gasteiger partial charge on any atom is -0.424 e. The predicted molar refractivity (Wildman–Crippen MR) is 63.6 cm³/mol. The Labute approximate surface area is 104 Å². The van der Waals surface area contributed by atoms with Gasteiger partial charge < -0.3 is 9.15 Å². The molecule has 0 radical (unpaired) electrons. The average Bonchev–Trinajstić information content (AvgIpc) is 2.70. The zero-order chi connectivity index (χ0) is 11.6. The van der Waals surface area contributed by atoms with Crippen LogP contribution in [-0.2, 0) is 11.2 Å².